The van der Waals surface area contributed by atoms with Crippen LogP contribution >= 0.6 is 0 Å². The van der Waals surface area contributed by atoms with Crippen molar-refractivity contribution in [3.8, 4) is 5.75 Å². The van der Waals surface area contributed by atoms with Gasteiger partial charge in [-0.25, -0.2) is 4.39 Å². The molecule has 0 aromatic heterocycles. The molecule has 0 aliphatic carbocycles. The number of esters is 1. The molecule has 2 amide bonds. The first-order chi connectivity index (χ1) is 12.9. The number of fused-ring (bicyclic) bond motifs is 1. The molecule has 2 atom stereocenters. The number of ether oxygens (including phenoxy) is 2. The van der Waals surface area contributed by atoms with E-state index in [0.717, 1.165) is 6.07 Å². The minimum absolute atomic E-state index is 0.245. The second-order valence-corrected chi connectivity index (χ2v) is 5.93. The molecule has 2 N–H and O–H groups in total. The van der Waals surface area contributed by atoms with Crippen LogP contribution in [-0.2, 0) is 19.1 Å². The van der Waals surface area contributed by atoms with E-state index in [9.17, 15) is 18.8 Å². The first kappa shape index (κ1) is 18.4. The van der Waals surface area contributed by atoms with Crippen molar-refractivity contribution in [2.45, 2.75) is 25.6 Å². The van der Waals surface area contributed by atoms with Crippen molar-refractivity contribution in [3.05, 3.63) is 54.3 Å². The molecule has 1 aliphatic heterocycles. The number of amides is 2. The zero-order chi connectivity index (χ0) is 19.4. The Morgan fingerprint density at radius 1 is 1.26 bits per heavy atom. The van der Waals surface area contributed by atoms with Gasteiger partial charge in [0.05, 0.1) is 12.1 Å². The molecular weight excluding hydrogens is 355 g/mol. The molecular formula is C19H17FN2O5. The van der Waals surface area contributed by atoms with E-state index < -0.39 is 35.8 Å². The first-order valence-electron chi connectivity index (χ1n) is 8.25. The van der Waals surface area contributed by atoms with Gasteiger partial charge < -0.3 is 20.1 Å². The molecule has 0 saturated heterocycles. The molecule has 0 radical (unpaired) electrons. The highest BCUT2D eigenvalue weighted by Gasteiger charge is 2.31. The standard InChI is InChI=1S/C19H17FN2O5/c1-11(18(24)21-13-6-4-5-12(20)9-13)26-17(23)10-16-19(25)22-14-7-2-3-8-15(14)27-16/h2-9,11,16H,10H2,1H3,(H,21,24)(H,22,25)/t11-,16-/m0/s1. The number of nitrogens with one attached hydrogen (secondary N) is 2. The molecule has 0 bridgehead atoms. The number of benzene rings is 2. The Morgan fingerprint density at radius 3 is 2.81 bits per heavy atom. The minimum Gasteiger partial charge on any atom is -0.478 e. The molecule has 140 valence electrons. The molecule has 3 rings (SSSR count). The number of rotatable bonds is 5. The number of para-hydroxylation sites is 2. The first-order valence-corrected chi connectivity index (χ1v) is 8.25. The monoisotopic (exact) mass is 372 g/mol. The van der Waals surface area contributed by atoms with Crippen LogP contribution in [0.1, 0.15) is 13.3 Å². The van der Waals surface area contributed by atoms with E-state index in [0.29, 0.717) is 11.4 Å². The van der Waals surface area contributed by atoms with Crippen molar-refractivity contribution in [1.82, 2.24) is 0 Å². The Balaban J connectivity index is 1.54. The Morgan fingerprint density at radius 2 is 2.04 bits per heavy atom. The summed E-state index contributed by atoms with van der Waals surface area (Å²) in [5.41, 5.74) is 0.768. The van der Waals surface area contributed by atoms with Crippen LogP contribution in [0.4, 0.5) is 15.8 Å². The van der Waals surface area contributed by atoms with Crippen LogP contribution in [0.5, 0.6) is 5.75 Å². The summed E-state index contributed by atoms with van der Waals surface area (Å²) in [5, 5.41) is 5.09. The highest BCUT2D eigenvalue weighted by Crippen LogP contribution is 2.29. The minimum atomic E-state index is -1.13. The van der Waals surface area contributed by atoms with E-state index >= 15 is 0 Å². The second kappa shape index (κ2) is 7.86. The van der Waals surface area contributed by atoms with Crippen LogP contribution in [0.15, 0.2) is 48.5 Å². The Kier molecular flexibility index (Phi) is 5.35. The van der Waals surface area contributed by atoms with Gasteiger partial charge in [0.2, 0.25) is 0 Å². The average molecular weight is 372 g/mol. The topological polar surface area (TPSA) is 93.7 Å². The maximum Gasteiger partial charge on any atom is 0.310 e. The lowest BCUT2D eigenvalue weighted by molar-refractivity contribution is -0.155. The fourth-order valence-corrected chi connectivity index (χ4v) is 2.49. The van der Waals surface area contributed by atoms with Crippen molar-refractivity contribution in [2.75, 3.05) is 10.6 Å². The Bertz CT molecular complexity index is 886. The molecule has 2 aromatic rings. The van der Waals surface area contributed by atoms with Crippen molar-refractivity contribution in [3.63, 3.8) is 0 Å². The van der Waals surface area contributed by atoms with Crippen molar-refractivity contribution in [1.29, 1.82) is 0 Å². The quantitative estimate of drug-likeness (QED) is 0.787. The Hall–Kier alpha value is -3.42. The number of halogens is 1. The molecule has 1 aliphatic rings. The van der Waals surface area contributed by atoms with Crippen LogP contribution < -0.4 is 15.4 Å². The molecule has 7 nitrogen and oxygen atoms in total. The van der Waals surface area contributed by atoms with Gasteiger partial charge in [-0.15, -0.1) is 0 Å². The smallest absolute Gasteiger partial charge is 0.310 e. The fraction of sp³-hybridized carbons (Fsp3) is 0.211. The molecule has 0 spiro atoms. The lowest BCUT2D eigenvalue weighted by Crippen LogP contribution is -2.40. The van der Waals surface area contributed by atoms with Gasteiger partial charge in [0, 0.05) is 5.69 Å². The highest BCUT2D eigenvalue weighted by atomic mass is 19.1. The van der Waals surface area contributed by atoms with E-state index in [-0.39, 0.29) is 12.1 Å². The number of hydrogen-bond donors (Lipinski definition) is 2. The Labute approximate surface area is 154 Å². The summed E-state index contributed by atoms with van der Waals surface area (Å²) in [4.78, 5) is 36.2. The fourth-order valence-electron chi connectivity index (χ4n) is 2.49. The van der Waals surface area contributed by atoms with Crippen LogP contribution in [0, 0.1) is 5.82 Å². The number of anilines is 2. The second-order valence-electron chi connectivity index (χ2n) is 5.93. The molecule has 0 fully saturated rings. The van der Waals surface area contributed by atoms with Crippen LogP contribution in [0.2, 0.25) is 0 Å². The van der Waals surface area contributed by atoms with Gasteiger partial charge in [-0.2, -0.15) is 0 Å². The third-order valence-electron chi connectivity index (χ3n) is 3.83. The van der Waals surface area contributed by atoms with Crippen LogP contribution in [-0.4, -0.2) is 30.0 Å². The SMILES string of the molecule is C[C@H](OC(=O)C[C@@H]1Oc2ccccc2NC1=O)C(=O)Nc1cccc(F)c1. The predicted octanol–water partition coefficient (Wildman–Crippen LogP) is 2.49. The van der Waals surface area contributed by atoms with Gasteiger partial charge in [-0.05, 0) is 37.3 Å². The largest absolute Gasteiger partial charge is 0.478 e. The number of carbonyl (C=O) groups excluding carboxylic acids is 3. The third kappa shape index (κ3) is 4.60. The average Bonchev–Trinajstić information content (AvgIpc) is 2.62. The van der Waals surface area contributed by atoms with Gasteiger partial charge >= 0.3 is 5.97 Å². The zero-order valence-corrected chi connectivity index (χ0v) is 14.4. The van der Waals surface area contributed by atoms with Crippen molar-refractivity contribution in [2.24, 2.45) is 0 Å². The maximum atomic E-state index is 13.1. The summed E-state index contributed by atoms with van der Waals surface area (Å²) in [5.74, 6) is -1.91. The number of carbonyl (C=O) groups is 3. The molecule has 2 aromatic carbocycles. The molecule has 8 heteroatoms. The third-order valence-corrected chi connectivity index (χ3v) is 3.83. The summed E-state index contributed by atoms with van der Waals surface area (Å²) in [7, 11) is 0. The van der Waals surface area contributed by atoms with E-state index in [2.05, 4.69) is 10.6 Å². The summed E-state index contributed by atoms with van der Waals surface area (Å²) >= 11 is 0. The normalized spacial score (nSPS) is 16.4. The van der Waals surface area contributed by atoms with Crippen molar-refractivity contribution >= 4 is 29.2 Å². The maximum absolute atomic E-state index is 13.1. The van der Waals surface area contributed by atoms with Gasteiger partial charge in [-0.1, -0.05) is 18.2 Å². The van der Waals surface area contributed by atoms with Gasteiger partial charge in [-0.3, -0.25) is 14.4 Å². The molecule has 1 heterocycles. The van der Waals surface area contributed by atoms with Crippen LogP contribution in [0.3, 0.4) is 0 Å². The molecule has 27 heavy (non-hydrogen) atoms. The summed E-state index contributed by atoms with van der Waals surface area (Å²) < 4.78 is 23.7. The predicted molar refractivity (Wildman–Crippen MR) is 94.7 cm³/mol. The van der Waals surface area contributed by atoms with E-state index in [1.54, 1.807) is 24.3 Å². The number of hydrogen-bond acceptors (Lipinski definition) is 5. The van der Waals surface area contributed by atoms with Gasteiger partial charge in [0.15, 0.2) is 12.2 Å². The summed E-state index contributed by atoms with van der Waals surface area (Å²) in [6.07, 6.45) is -2.52. The van der Waals surface area contributed by atoms with E-state index in [1.165, 1.54) is 25.1 Å². The lowest BCUT2D eigenvalue weighted by Gasteiger charge is -2.25. The lowest BCUT2D eigenvalue weighted by atomic mass is 10.1. The van der Waals surface area contributed by atoms with Gasteiger partial charge in [0.25, 0.3) is 11.8 Å². The molecule has 0 unspecified atom stereocenters. The summed E-state index contributed by atoms with van der Waals surface area (Å²) in [6.45, 7) is 1.38. The zero-order valence-electron chi connectivity index (χ0n) is 14.4. The van der Waals surface area contributed by atoms with Crippen molar-refractivity contribution < 1.29 is 28.2 Å². The van der Waals surface area contributed by atoms with Crippen LogP contribution in [0.25, 0.3) is 0 Å². The highest BCUT2D eigenvalue weighted by molar-refractivity contribution is 6.00. The van der Waals surface area contributed by atoms with E-state index in [4.69, 9.17) is 9.47 Å². The molecule has 0 saturated carbocycles. The van der Waals surface area contributed by atoms with E-state index in [1.807, 2.05) is 0 Å². The summed E-state index contributed by atoms with van der Waals surface area (Å²) in [6, 6.07) is 12.2. The van der Waals surface area contributed by atoms with Gasteiger partial charge in [0.1, 0.15) is 11.6 Å².